The summed E-state index contributed by atoms with van der Waals surface area (Å²) in [5.74, 6) is -2.59. The maximum absolute atomic E-state index is 13.2. The van der Waals surface area contributed by atoms with Crippen LogP contribution in [0, 0.1) is 0 Å². The van der Waals surface area contributed by atoms with Crippen molar-refractivity contribution < 1.29 is 79.7 Å². The van der Waals surface area contributed by atoms with Gasteiger partial charge in [0.1, 0.15) is 49.3 Å². The van der Waals surface area contributed by atoms with Gasteiger partial charge in [-0.1, -0.05) is 121 Å². The average Bonchev–Trinajstić information content (AvgIpc) is 3.37. The number of hydrogen-bond donors (Lipinski definition) is 10. The van der Waals surface area contributed by atoms with Crippen molar-refractivity contribution in [1.82, 2.24) is 26.2 Å². The first-order valence-corrected chi connectivity index (χ1v) is 26.2. The first-order valence-electron chi connectivity index (χ1n) is 26.7. The Labute approximate surface area is 426 Å². The number of amides is 4. The third-order valence-electron chi connectivity index (χ3n) is 12.6. The highest BCUT2D eigenvalue weighted by Crippen LogP contribution is 2.24. The van der Waals surface area contributed by atoms with E-state index in [1.807, 2.05) is 30.3 Å². The normalized spacial score (nSPS) is 24.3. The summed E-state index contributed by atoms with van der Waals surface area (Å²) in [6.07, 6.45) is 4.15. The van der Waals surface area contributed by atoms with Gasteiger partial charge in [0.2, 0.25) is 23.6 Å². The first kappa shape index (κ1) is 60.7. The monoisotopic (exact) mass is 1030 g/mol. The lowest BCUT2D eigenvalue weighted by Gasteiger charge is -2.42. The number of unbranched alkanes of at least 4 members (excludes halogenated alkanes) is 14. The molecule has 2 aliphatic rings. The van der Waals surface area contributed by atoms with Crippen LogP contribution in [0.4, 0.5) is 0 Å². The Morgan fingerprint density at radius 3 is 1.68 bits per heavy atom. The molecule has 1 aromatic carbocycles. The molecule has 412 valence electrons. The summed E-state index contributed by atoms with van der Waals surface area (Å²) in [5.41, 5.74) is 0.885. The molecule has 2 fully saturated rings. The largest absolute Gasteiger partial charge is 0.461 e. The third kappa shape index (κ3) is 25.4. The predicted molar refractivity (Wildman–Crippen MR) is 264 cm³/mol. The van der Waals surface area contributed by atoms with E-state index < -0.39 is 105 Å². The van der Waals surface area contributed by atoms with Crippen LogP contribution in [0.3, 0.4) is 0 Å². The molecule has 10 atom stereocenters. The first-order chi connectivity index (χ1) is 35.2. The van der Waals surface area contributed by atoms with Gasteiger partial charge in [0.15, 0.2) is 14.0 Å². The molecule has 2 saturated heterocycles. The van der Waals surface area contributed by atoms with Crippen molar-refractivity contribution in [3.8, 4) is 0 Å². The number of benzene rings is 1. The lowest BCUT2D eigenvalue weighted by molar-refractivity contribution is -0.292. The lowest BCUT2D eigenvalue weighted by Crippen LogP contribution is -2.64. The molecule has 0 radical (unpaired) electrons. The van der Waals surface area contributed by atoms with E-state index >= 15 is 0 Å². The highest BCUT2D eigenvalue weighted by atomic mass is 16.7. The number of esters is 1. The van der Waals surface area contributed by atoms with Gasteiger partial charge in [-0.15, -0.1) is 0 Å². The van der Waals surface area contributed by atoms with E-state index in [-0.39, 0.29) is 64.8 Å². The van der Waals surface area contributed by atoms with E-state index in [1.54, 1.807) is 0 Å². The van der Waals surface area contributed by atoms with Gasteiger partial charge >= 0.3 is 5.97 Å². The van der Waals surface area contributed by atoms with E-state index in [0.717, 1.165) is 31.2 Å². The molecule has 0 spiro atoms. The zero-order chi connectivity index (χ0) is 53.4. The summed E-state index contributed by atoms with van der Waals surface area (Å²) in [7, 11) is 0. The number of nitrogens with zero attached hydrogens (tertiary/aromatic N) is 1. The van der Waals surface area contributed by atoms with E-state index in [2.05, 4.69) is 22.9 Å². The van der Waals surface area contributed by atoms with Gasteiger partial charge in [-0.2, -0.15) is 0 Å². The molecule has 21 nitrogen and oxygen atoms in total. The van der Waals surface area contributed by atoms with Crippen LogP contribution in [0.5, 0.6) is 0 Å². The van der Waals surface area contributed by atoms with Crippen LogP contribution in [0.15, 0.2) is 30.3 Å². The molecular weight excluding hydrogens is 939 g/mol. The van der Waals surface area contributed by atoms with Crippen LogP contribution in [-0.2, 0) is 54.3 Å². The van der Waals surface area contributed by atoms with E-state index in [1.165, 1.54) is 63.2 Å². The fraction of sp³-hybridized carbons (Fsp3) is 0.784. The molecular formula is C51H87N5O16. The number of rotatable bonds is 38. The van der Waals surface area contributed by atoms with Crippen molar-refractivity contribution in [3.05, 3.63) is 35.9 Å². The van der Waals surface area contributed by atoms with Crippen molar-refractivity contribution in [3.63, 3.8) is 0 Å². The second-order valence-corrected chi connectivity index (χ2v) is 18.8. The second-order valence-electron chi connectivity index (χ2n) is 18.8. The van der Waals surface area contributed by atoms with Gasteiger partial charge in [-0.3, -0.25) is 28.9 Å². The molecule has 0 saturated carbocycles. The Balaban J connectivity index is 1.46. The van der Waals surface area contributed by atoms with Crippen LogP contribution < -0.4 is 21.3 Å². The molecule has 3 rings (SSSR count). The number of carbonyl (C=O) groups is 5. The SMILES string of the molecule is [2H]N(C(=O)CCCCCCCCCCCCCCC)[C@H]1C(OCCNC(=O)CN(CC(=O)NCCCCCC(=O)OCc2ccccc2)CC(=O)NCCO[C@@H]2O[C@@H](C)[C@@H](O)[C@@H](O)[C@@H]2O)O[C@H](CO)[C@@H](O)[C@@H]1O. The molecule has 0 aliphatic carbocycles. The fourth-order valence-corrected chi connectivity index (χ4v) is 8.30. The van der Waals surface area contributed by atoms with Crippen LogP contribution in [0.2, 0.25) is 1.41 Å². The molecule has 1 aromatic rings. The molecule has 0 aromatic heterocycles. The molecule has 2 heterocycles. The summed E-state index contributed by atoms with van der Waals surface area (Å²) >= 11 is 0. The van der Waals surface area contributed by atoms with Crippen molar-refractivity contribution in [2.24, 2.45) is 0 Å². The second kappa shape index (κ2) is 37.0. The van der Waals surface area contributed by atoms with Gasteiger partial charge < -0.3 is 75.6 Å². The molecule has 72 heavy (non-hydrogen) atoms. The minimum absolute atomic E-state index is 0.0384. The minimum atomic E-state index is -1.69. The molecule has 21 heteroatoms. The van der Waals surface area contributed by atoms with Gasteiger partial charge in [0.25, 0.3) is 0 Å². The maximum Gasteiger partial charge on any atom is 0.306 e. The zero-order valence-electron chi connectivity index (χ0n) is 43.6. The van der Waals surface area contributed by atoms with Crippen LogP contribution in [0.1, 0.15) is 135 Å². The molecule has 2 aliphatic heterocycles. The summed E-state index contributed by atoms with van der Waals surface area (Å²) in [5, 5.41) is 70.2. The maximum atomic E-state index is 13.2. The van der Waals surface area contributed by atoms with Gasteiger partial charge in [-0.25, -0.2) is 0 Å². The van der Waals surface area contributed by atoms with E-state index in [4.69, 9.17) is 25.1 Å². The minimum Gasteiger partial charge on any atom is -0.461 e. The van der Waals surface area contributed by atoms with Crippen molar-refractivity contribution in [2.75, 3.05) is 59.1 Å². The van der Waals surface area contributed by atoms with Crippen LogP contribution in [0.25, 0.3) is 0 Å². The van der Waals surface area contributed by atoms with E-state index in [0.29, 0.717) is 31.0 Å². The van der Waals surface area contributed by atoms with Crippen molar-refractivity contribution >= 4 is 29.6 Å². The Morgan fingerprint density at radius 2 is 1.11 bits per heavy atom. The standard InChI is InChI=1S/C51H87N5O16/c1-3-4-5-6-7-8-9-10-11-12-13-14-19-24-39(58)55-44-47(65)46(64)38(34-57)72-50(44)68-29-27-53-41(60)32-56(33-42(61)54-28-30-69-51-49(67)48(66)45(63)36(2)71-51)31-40(59)52-26-21-16-20-25-43(62)70-35-37-22-17-15-18-23-37/h15,17-18,22-23,36,38,44-51,57,63-67H,3-14,16,19-21,24-35H2,1-2H3,(H,52,59)(H,53,60)(H,54,61)(H,55,58)/t36-,38+,44+,45+,46+,47+,48+,49-,50?,51+/m0/s1/i/hD. The summed E-state index contributed by atoms with van der Waals surface area (Å²) in [6, 6.07) is 7.87. The quantitative estimate of drug-likeness (QED) is 0.0329. The van der Waals surface area contributed by atoms with Crippen molar-refractivity contribution in [1.29, 1.82) is 0 Å². The molecule has 4 amide bonds. The highest BCUT2D eigenvalue weighted by Gasteiger charge is 2.46. The predicted octanol–water partition coefficient (Wildman–Crippen LogP) is 1.21. The average molecular weight is 1030 g/mol. The zero-order valence-corrected chi connectivity index (χ0v) is 42.6. The highest BCUT2D eigenvalue weighted by molar-refractivity contribution is 5.84. The number of hydrogen-bond acceptors (Lipinski definition) is 17. The third-order valence-corrected chi connectivity index (χ3v) is 12.6. The summed E-state index contributed by atoms with van der Waals surface area (Å²) in [4.78, 5) is 65.9. The van der Waals surface area contributed by atoms with Gasteiger partial charge in [0.05, 0.1) is 45.6 Å². The Bertz CT molecular complexity index is 1710. The smallest absolute Gasteiger partial charge is 0.306 e. The Morgan fingerprint density at radius 1 is 0.597 bits per heavy atom. The number of aliphatic hydroxyl groups excluding tert-OH is 6. The Hall–Kier alpha value is -3.87. The van der Waals surface area contributed by atoms with E-state index in [9.17, 15) is 54.6 Å². The number of aliphatic hydroxyl groups is 6. The number of carbonyl (C=O) groups excluding carboxylic acids is 5. The summed E-state index contributed by atoms with van der Waals surface area (Å²) in [6.45, 7) is 1.68. The number of nitrogens with one attached hydrogen (secondary N) is 4. The molecule has 1 unspecified atom stereocenters. The topological polar surface area (TPSA) is 304 Å². The van der Waals surface area contributed by atoms with Crippen LogP contribution >= 0.6 is 0 Å². The molecule has 10 N–H and O–H groups in total. The van der Waals surface area contributed by atoms with Gasteiger partial charge in [-0.05, 0) is 31.7 Å². The van der Waals surface area contributed by atoms with Gasteiger partial charge in [0, 0.05) is 32.5 Å². The fourth-order valence-electron chi connectivity index (χ4n) is 8.30. The Kier molecular flexibility index (Phi) is 31.1. The van der Waals surface area contributed by atoms with Crippen LogP contribution in [-0.4, -0.2) is 186 Å². The molecule has 0 bridgehead atoms. The number of ether oxygens (including phenoxy) is 5. The summed E-state index contributed by atoms with van der Waals surface area (Å²) < 4.78 is 36.3. The van der Waals surface area contributed by atoms with Crippen molar-refractivity contribution in [2.45, 2.75) is 197 Å². The lowest BCUT2D eigenvalue weighted by atomic mass is 9.96.